The topological polar surface area (TPSA) is 62.2 Å². The van der Waals surface area contributed by atoms with Crippen LogP contribution in [0.25, 0.3) is 22.3 Å². The maximum Gasteiger partial charge on any atom is 0.254 e. The zero-order valence-corrected chi connectivity index (χ0v) is 16.5. The standard InChI is InChI=1S/C22H19N5OS/c28-21(26-10-12-27(13-11-26)22-24-9-14-29-22)17-15-20(19-7-3-4-8-23-19)25-18-6-2-1-5-16(17)18/h1-9,14-15H,10-13H2. The predicted octanol–water partition coefficient (Wildman–Crippen LogP) is 3.72. The molecule has 1 aromatic carbocycles. The molecule has 1 amide bonds. The Bertz CT molecular complexity index is 1140. The lowest BCUT2D eigenvalue weighted by molar-refractivity contribution is 0.0748. The third kappa shape index (κ3) is 3.45. The van der Waals surface area contributed by atoms with E-state index < -0.39 is 0 Å². The summed E-state index contributed by atoms with van der Waals surface area (Å²) in [5, 5.41) is 3.87. The van der Waals surface area contributed by atoms with E-state index in [0.717, 1.165) is 34.8 Å². The van der Waals surface area contributed by atoms with Crippen molar-refractivity contribution in [2.24, 2.45) is 0 Å². The number of thiazole rings is 1. The fourth-order valence-corrected chi connectivity index (χ4v) is 4.34. The van der Waals surface area contributed by atoms with E-state index in [1.54, 1.807) is 17.5 Å². The number of amides is 1. The summed E-state index contributed by atoms with van der Waals surface area (Å²) in [6.07, 6.45) is 3.56. The van der Waals surface area contributed by atoms with Crippen LogP contribution < -0.4 is 4.90 Å². The third-order valence-electron chi connectivity index (χ3n) is 5.13. The van der Waals surface area contributed by atoms with Gasteiger partial charge in [0.05, 0.1) is 22.5 Å². The van der Waals surface area contributed by atoms with Gasteiger partial charge in [-0.3, -0.25) is 9.78 Å². The van der Waals surface area contributed by atoms with Crippen LogP contribution in [0.5, 0.6) is 0 Å². The third-order valence-corrected chi connectivity index (χ3v) is 5.96. The van der Waals surface area contributed by atoms with Crippen LogP contribution >= 0.6 is 11.3 Å². The molecule has 3 aromatic heterocycles. The summed E-state index contributed by atoms with van der Waals surface area (Å²) in [6.45, 7) is 2.92. The van der Waals surface area contributed by atoms with Gasteiger partial charge in [-0.15, -0.1) is 11.3 Å². The Morgan fingerprint density at radius 1 is 0.897 bits per heavy atom. The minimum absolute atomic E-state index is 0.0413. The van der Waals surface area contributed by atoms with E-state index in [1.807, 2.05) is 65.0 Å². The van der Waals surface area contributed by atoms with Gasteiger partial charge in [-0.2, -0.15) is 0 Å². The van der Waals surface area contributed by atoms with Gasteiger partial charge in [0.2, 0.25) is 0 Å². The number of benzene rings is 1. The molecule has 0 aliphatic carbocycles. The van der Waals surface area contributed by atoms with Crippen LogP contribution in [0.3, 0.4) is 0 Å². The molecule has 0 atom stereocenters. The summed E-state index contributed by atoms with van der Waals surface area (Å²) in [5.74, 6) is 0.0413. The minimum atomic E-state index is 0.0413. The van der Waals surface area contributed by atoms with Crippen LogP contribution in [0.15, 0.2) is 66.3 Å². The molecule has 29 heavy (non-hydrogen) atoms. The summed E-state index contributed by atoms with van der Waals surface area (Å²) in [4.78, 5) is 31.1. The number of hydrogen-bond donors (Lipinski definition) is 0. The van der Waals surface area contributed by atoms with Crippen molar-refractivity contribution < 1.29 is 4.79 Å². The Balaban J connectivity index is 1.47. The molecule has 5 rings (SSSR count). The van der Waals surface area contributed by atoms with Crippen molar-refractivity contribution in [2.75, 3.05) is 31.1 Å². The molecule has 4 aromatic rings. The lowest BCUT2D eigenvalue weighted by Crippen LogP contribution is -2.48. The van der Waals surface area contributed by atoms with Gasteiger partial charge in [-0.05, 0) is 24.3 Å². The maximum absolute atomic E-state index is 13.4. The van der Waals surface area contributed by atoms with Gasteiger partial charge in [-0.1, -0.05) is 24.3 Å². The Kier molecular flexibility index (Phi) is 4.65. The van der Waals surface area contributed by atoms with Gasteiger partial charge >= 0.3 is 0 Å². The minimum Gasteiger partial charge on any atom is -0.345 e. The highest BCUT2D eigenvalue weighted by atomic mass is 32.1. The second kappa shape index (κ2) is 7.60. The largest absolute Gasteiger partial charge is 0.345 e. The summed E-state index contributed by atoms with van der Waals surface area (Å²) in [5.41, 5.74) is 2.97. The summed E-state index contributed by atoms with van der Waals surface area (Å²) in [7, 11) is 0. The van der Waals surface area contributed by atoms with Crippen molar-refractivity contribution in [3.8, 4) is 11.4 Å². The van der Waals surface area contributed by atoms with Gasteiger partial charge in [0.15, 0.2) is 5.13 Å². The Morgan fingerprint density at radius 2 is 1.72 bits per heavy atom. The summed E-state index contributed by atoms with van der Waals surface area (Å²) < 4.78 is 0. The number of piperazine rings is 1. The molecule has 1 fully saturated rings. The molecule has 0 saturated carbocycles. The van der Waals surface area contributed by atoms with Crippen LogP contribution in [0, 0.1) is 0 Å². The predicted molar refractivity (Wildman–Crippen MR) is 115 cm³/mol. The zero-order chi connectivity index (χ0) is 19.6. The lowest BCUT2D eigenvalue weighted by Gasteiger charge is -2.34. The summed E-state index contributed by atoms with van der Waals surface area (Å²) >= 11 is 1.63. The van der Waals surface area contributed by atoms with Crippen molar-refractivity contribution in [2.45, 2.75) is 0 Å². The molecular weight excluding hydrogens is 382 g/mol. The molecule has 144 valence electrons. The average molecular weight is 401 g/mol. The lowest BCUT2D eigenvalue weighted by atomic mass is 10.0. The Labute approximate surface area is 172 Å². The van der Waals surface area contributed by atoms with E-state index in [0.29, 0.717) is 24.3 Å². The number of pyridine rings is 2. The van der Waals surface area contributed by atoms with Crippen molar-refractivity contribution in [3.63, 3.8) is 0 Å². The first-order valence-corrected chi connectivity index (χ1v) is 10.4. The highest BCUT2D eigenvalue weighted by molar-refractivity contribution is 7.13. The molecule has 0 unspecified atom stereocenters. The number of carbonyl (C=O) groups excluding carboxylic acids is 1. The van der Waals surface area contributed by atoms with Crippen molar-refractivity contribution in [1.82, 2.24) is 19.9 Å². The molecule has 0 spiro atoms. The number of rotatable bonds is 3. The molecule has 4 heterocycles. The van der Waals surface area contributed by atoms with E-state index in [4.69, 9.17) is 4.98 Å². The highest BCUT2D eigenvalue weighted by Gasteiger charge is 2.25. The molecule has 7 heteroatoms. The highest BCUT2D eigenvalue weighted by Crippen LogP contribution is 2.26. The fraction of sp³-hybridized carbons (Fsp3) is 0.182. The van der Waals surface area contributed by atoms with E-state index in [1.165, 1.54) is 0 Å². The Hall–Kier alpha value is -3.32. The van der Waals surface area contributed by atoms with Gasteiger partial charge in [0.1, 0.15) is 0 Å². The van der Waals surface area contributed by atoms with Crippen LogP contribution in [-0.2, 0) is 0 Å². The number of para-hydroxylation sites is 1. The fourth-order valence-electron chi connectivity index (χ4n) is 3.64. The van der Waals surface area contributed by atoms with Gasteiger partial charge < -0.3 is 9.80 Å². The normalized spacial score (nSPS) is 14.3. The van der Waals surface area contributed by atoms with Crippen LogP contribution in [0.1, 0.15) is 10.4 Å². The molecule has 0 N–H and O–H groups in total. The average Bonchev–Trinajstić information content (AvgIpc) is 3.34. The molecule has 6 nitrogen and oxygen atoms in total. The summed E-state index contributed by atoms with van der Waals surface area (Å²) in [6, 6.07) is 15.4. The first kappa shape index (κ1) is 17.8. The first-order valence-electron chi connectivity index (χ1n) is 9.54. The second-order valence-corrected chi connectivity index (χ2v) is 7.75. The van der Waals surface area contributed by atoms with Gasteiger partial charge in [0, 0.05) is 49.3 Å². The van der Waals surface area contributed by atoms with E-state index >= 15 is 0 Å². The molecule has 1 saturated heterocycles. The van der Waals surface area contributed by atoms with Crippen LogP contribution in [0.2, 0.25) is 0 Å². The number of carbonyl (C=O) groups is 1. The molecule has 1 aliphatic rings. The van der Waals surface area contributed by atoms with E-state index in [2.05, 4.69) is 14.9 Å². The smallest absolute Gasteiger partial charge is 0.254 e. The Morgan fingerprint density at radius 3 is 2.48 bits per heavy atom. The van der Waals surface area contributed by atoms with Gasteiger partial charge in [-0.25, -0.2) is 9.97 Å². The zero-order valence-electron chi connectivity index (χ0n) is 15.7. The van der Waals surface area contributed by atoms with Crippen molar-refractivity contribution in [3.05, 3.63) is 71.9 Å². The van der Waals surface area contributed by atoms with Crippen molar-refractivity contribution >= 4 is 33.3 Å². The number of aromatic nitrogens is 3. The quantitative estimate of drug-likeness (QED) is 0.524. The molecule has 1 aliphatic heterocycles. The second-order valence-electron chi connectivity index (χ2n) is 6.88. The SMILES string of the molecule is O=C(c1cc(-c2ccccn2)nc2ccccc12)N1CCN(c2nccs2)CC1. The number of nitrogens with zero attached hydrogens (tertiary/aromatic N) is 5. The van der Waals surface area contributed by atoms with Crippen LogP contribution in [0.4, 0.5) is 5.13 Å². The first-order chi connectivity index (χ1) is 14.3. The maximum atomic E-state index is 13.4. The number of anilines is 1. The van der Waals surface area contributed by atoms with Crippen molar-refractivity contribution in [1.29, 1.82) is 0 Å². The number of hydrogen-bond acceptors (Lipinski definition) is 6. The van der Waals surface area contributed by atoms with Gasteiger partial charge in [0.25, 0.3) is 5.91 Å². The molecular formula is C22H19N5OS. The van der Waals surface area contributed by atoms with E-state index in [9.17, 15) is 4.79 Å². The number of fused-ring (bicyclic) bond motifs is 1. The van der Waals surface area contributed by atoms with E-state index in [-0.39, 0.29) is 5.91 Å². The monoisotopic (exact) mass is 401 g/mol. The van der Waals surface area contributed by atoms with Crippen LogP contribution in [-0.4, -0.2) is 51.9 Å². The molecule has 0 bridgehead atoms. The molecule has 0 radical (unpaired) electrons.